The summed E-state index contributed by atoms with van der Waals surface area (Å²) >= 11 is 0. The van der Waals surface area contributed by atoms with Gasteiger partial charge in [0.15, 0.2) is 0 Å². The van der Waals surface area contributed by atoms with Gasteiger partial charge in [0.25, 0.3) is 0 Å². The van der Waals surface area contributed by atoms with Crippen LogP contribution in [0, 0.1) is 12.8 Å². The smallest absolute Gasteiger partial charge is 0.0496 e. The summed E-state index contributed by atoms with van der Waals surface area (Å²) < 4.78 is 0. The third-order valence-electron chi connectivity index (χ3n) is 3.28. The van der Waals surface area contributed by atoms with Crippen molar-refractivity contribution in [1.29, 1.82) is 0 Å². The third kappa shape index (κ3) is 4.11. The second kappa shape index (κ2) is 6.91. The van der Waals surface area contributed by atoms with Crippen molar-refractivity contribution in [2.24, 2.45) is 11.7 Å². The van der Waals surface area contributed by atoms with Crippen molar-refractivity contribution in [1.82, 2.24) is 4.90 Å². The van der Waals surface area contributed by atoms with Gasteiger partial charge in [0.05, 0.1) is 0 Å². The second-order valence-corrected chi connectivity index (χ2v) is 5.70. The van der Waals surface area contributed by atoms with Crippen molar-refractivity contribution < 1.29 is 0 Å². The molecule has 0 saturated carbocycles. The highest BCUT2D eigenvalue weighted by Crippen LogP contribution is 2.25. The van der Waals surface area contributed by atoms with Gasteiger partial charge in [-0.2, -0.15) is 0 Å². The molecule has 0 aliphatic rings. The standard InChI is InChI=1S/C16H28N2/c1-6-18(11-12(2)3)16(14(5)17)15-9-7-8-13(4)10-15/h7-10,12,14,16H,6,11,17H2,1-5H3. The lowest BCUT2D eigenvalue weighted by atomic mass is 9.96. The molecule has 0 fully saturated rings. The molecule has 18 heavy (non-hydrogen) atoms. The molecule has 2 atom stereocenters. The Bertz CT molecular complexity index is 358. The Morgan fingerprint density at radius 2 is 1.89 bits per heavy atom. The number of nitrogens with two attached hydrogens (primary N) is 1. The SMILES string of the molecule is CCN(CC(C)C)C(c1cccc(C)c1)C(C)N. The van der Waals surface area contributed by atoms with Crippen LogP contribution in [0.2, 0.25) is 0 Å². The predicted molar refractivity (Wildman–Crippen MR) is 79.7 cm³/mol. The molecule has 1 aromatic carbocycles. The first-order valence-corrected chi connectivity index (χ1v) is 7.01. The van der Waals surface area contributed by atoms with Gasteiger partial charge < -0.3 is 5.73 Å². The van der Waals surface area contributed by atoms with Gasteiger partial charge in [0.1, 0.15) is 0 Å². The van der Waals surface area contributed by atoms with E-state index in [0.717, 1.165) is 13.1 Å². The molecule has 0 heterocycles. The molecule has 0 saturated heterocycles. The lowest BCUT2D eigenvalue weighted by molar-refractivity contribution is 0.166. The number of hydrogen-bond donors (Lipinski definition) is 1. The number of hydrogen-bond acceptors (Lipinski definition) is 2. The second-order valence-electron chi connectivity index (χ2n) is 5.70. The molecule has 0 bridgehead atoms. The Labute approximate surface area is 112 Å². The Hall–Kier alpha value is -0.860. The predicted octanol–water partition coefficient (Wildman–Crippen LogP) is 3.36. The molecule has 0 aliphatic heterocycles. The van der Waals surface area contributed by atoms with Crippen LogP contribution in [-0.4, -0.2) is 24.0 Å². The van der Waals surface area contributed by atoms with E-state index in [1.54, 1.807) is 0 Å². The van der Waals surface area contributed by atoms with Gasteiger partial charge in [-0.15, -0.1) is 0 Å². The topological polar surface area (TPSA) is 29.3 Å². The highest BCUT2D eigenvalue weighted by molar-refractivity contribution is 5.26. The molecular formula is C16H28N2. The number of benzene rings is 1. The summed E-state index contributed by atoms with van der Waals surface area (Å²) in [5.74, 6) is 0.663. The lowest BCUT2D eigenvalue weighted by Crippen LogP contribution is -2.41. The summed E-state index contributed by atoms with van der Waals surface area (Å²) in [5, 5.41) is 0. The number of nitrogens with zero attached hydrogens (tertiary/aromatic N) is 1. The van der Waals surface area contributed by atoms with E-state index in [1.165, 1.54) is 11.1 Å². The van der Waals surface area contributed by atoms with Crippen molar-refractivity contribution in [2.45, 2.75) is 46.7 Å². The molecule has 2 N–H and O–H groups in total. The van der Waals surface area contributed by atoms with Crippen LogP contribution in [0.3, 0.4) is 0 Å². The molecule has 2 heteroatoms. The number of aryl methyl sites for hydroxylation is 1. The average Bonchev–Trinajstić information content (AvgIpc) is 2.27. The monoisotopic (exact) mass is 248 g/mol. The molecule has 102 valence electrons. The number of likely N-dealkylation sites (N-methyl/N-ethyl adjacent to an activating group) is 1. The minimum absolute atomic E-state index is 0.144. The Kier molecular flexibility index (Phi) is 5.83. The summed E-state index contributed by atoms with van der Waals surface area (Å²) in [6, 6.07) is 9.19. The van der Waals surface area contributed by atoms with Crippen molar-refractivity contribution in [2.75, 3.05) is 13.1 Å². The quantitative estimate of drug-likeness (QED) is 0.836. The normalized spacial score (nSPS) is 15.1. The van der Waals surface area contributed by atoms with Crippen molar-refractivity contribution in [3.05, 3.63) is 35.4 Å². The van der Waals surface area contributed by atoms with Gasteiger partial charge in [-0.1, -0.05) is 50.6 Å². The average molecular weight is 248 g/mol. The molecule has 0 radical (unpaired) electrons. The molecule has 2 nitrogen and oxygen atoms in total. The number of rotatable bonds is 6. The zero-order valence-electron chi connectivity index (χ0n) is 12.5. The van der Waals surface area contributed by atoms with Crippen molar-refractivity contribution >= 4 is 0 Å². The van der Waals surface area contributed by atoms with Crippen LogP contribution in [0.25, 0.3) is 0 Å². The zero-order valence-corrected chi connectivity index (χ0v) is 12.5. The fraction of sp³-hybridized carbons (Fsp3) is 0.625. The van der Waals surface area contributed by atoms with Crippen LogP contribution >= 0.6 is 0 Å². The van der Waals surface area contributed by atoms with Gasteiger partial charge in [0, 0.05) is 18.6 Å². The van der Waals surface area contributed by atoms with E-state index in [0.29, 0.717) is 12.0 Å². The summed E-state index contributed by atoms with van der Waals surface area (Å²) in [4.78, 5) is 2.49. The molecule has 2 unspecified atom stereocenters. The molecular weight excluding hydrogens is 220 g/mol. The summed E-state index contributed by atoms with van der Waals surface area (Å²) in [6.07, 6.45) is 0. The highest BCUT2D eigenvalue weighted by atomic mass is 15.2. The van der Waals surface area contributed by atoms with E-state index in [9.17, 15) is 0 Å². The fourth-order valence-electron chi connectivity index (χ4n) is 2.61. The molecule has 0 amide bonds. The van der Waals surface area contributed by atoms with Crippen LogP contribution in [0.4, 0.5) is 0 Å². The van der Waals surface area contributed by atoms with Gasteiger partial charge in [-0.05, 0) is 31.9 Å². The van der Waals surface area contributed by atoms with Crippen molar-refractivity contribution in [3.63, 3.8) is 0 Å². The minimum Gasteiger partial charge on any atom is -0.326 e. The summed E-state index contributed by atoms with van der Waals surface area (Å²) in [5.41, 5.74) is 8.87. The van der Waals surface area contributed by atoms with E-state index in [4.69, 9.17) is 5.73 Å². The molecule has 1 aromatic rings. The van der Waals surface area contributed by atoms with Crippen LogP contribution in [-0.2, 0) is 0 Å². The van der Waals surface area contributed by atoms with Gasteiger partial charge in [0.2, 0.25) is 0 Å². The van der Waals surface area contributed by atoms with Gasteiger partial charge in [-0.3, -0.25) is 4.90 Å². The maximum atomic E-state index is 6.23. The maximum Gasteiger partial charge on any atom is 0.0496 e. The van der Waals surface area contributed by atoms with E-state index in [-0.39, 0.29) is 6.04 Å². The molecule has 0 aromatic heterocycles. The lowest BCUT2D eigenvalue weighted by Gasteiger charge is -2.35. The molecule has 1 rings (SSSR count). The molecule has 0 spiro atoms. The first-order chi connectivity index (χ1) is 8.45. The van der Waals surface area contributed by atoms with Crippen LogP contribution < -0.4 is 5.73 Å². The van der Waals surface area contributed by atoms with E-state index < -0.39 is 0 Å². The zero-order chi connectivity index (χ0) is 13.7. The first kappa shape index (κ1) is 15.2. The fourth-order valence-corrected chi connectivity index (χ4v) is 2.61. The first-order valence-electron chi connectivity index (χ1n) is 7.01. The van der Waals surface area contributed by atoms with E-state index in [1.807, 2.05) is 0 Å². The largest absolute Gasteiger partial charge is 0.326 e. The Morgan fingerprint density at radius 3 is 2.33 bits per heavy atom. The van der Waals surface area contributed by atoms with Gasteiger partial charge in [-0.25, -0.2) is 0 Å². The maximum absolute atomic E-state index is 6.23. The Morgan fingerprint density at radius 1 is 1.22 bits per heavy atom. The summed E-state index contributed by atoms with van der Waals surface area (Å²) in [6.45, 7) is 13.1. The molecule has 0 aliphatic carbocycles. The van der Waals surface area contributed by atoms with Crippen LogP contribution in [0.1, 0.15) is 44.9 Å². The summed E-state index contributed by atoms with van der Waals surface area (Å²) in [7, 11) is 0. The third-order valence-corrected chi connectivity index (χ3v) is 3.28. The van der Waals surface area contributed by atoms with E-state index >= 15 is 0 Å². The van der Waals surface area contributed by atoms with Crippen molar-refractivity contribution in [3.8, 4) is 0 Å². The van der Waals surface area contributed by atoms with Crippen LogP contribution in [0.15, 0.2) is 24.3 Å². The highest BCUT2D eigenvalue weighted by Gasteiger charge is 2.23. The van der Waals surface area contributed by atoms with E-state index in [2.05, 4.69) is 63.8 Å². The Balaban J connectivity index is 3.00. The van der Waals surface area contributed by atoms with Gasteiger partial charge >= 0.3 is 0 Å². The van der Waals surface area contributed by atoms with Crippen LogP contribution in [0.5, 0.6) is 0 Å². The minimum atomic E-state index is 0.144.